The van der Waals surface area contributed by atoms with E-state index in [-0.39, 0.29) is 0 Å². The van der Waals surface area contributed by atoms with Crippen molar-refractivity contribution in [2.45, 2.75) is 64.8 Å². The maximum absolute atomic E-state index is 4.54. The molecule has 1 N–H and O–H groups in total. The first-order valence-corrected chi connectivity index (χ1v) is 9.20. The third-order valence-electron chi connectivity index (χ3n) is 4.65. The van der Waals surface area contributed by atoms with Crippen molar-refractivity contribution in [2.24, 2.45) is 5.92 Å². The van der Waals surface area contributed by atoms with Gasteiger partial charge in [0.25, 0.3) is 0 Å². The van der Waals surface area contributed by atoms with Crippen LogP contribution in [-0.4, -0.2) is 11.0 Å². The van der Waals surface area contributed by atoms with E-state index in [1.165, 1.54) is 55.3 Å². The Hall–Kier alpha value is -1.09. The van der Waals surface area contributed by atoms with Gasteiger partial charge < -0.3 is 5.32 Å². The number of fused-ring (bicyclic) bond motifs is 1. The van der Waals surface area contributed by atoms with Gasteiger partial charge in [-0.1, -0.05) is 32.6 Å². The second-order valence-corrected chi connectivity index (χ2v) is 7.65. The minimum Gasteiger partial charge on any atom is -0.382 e. The Morgan fingerprint density at radius 2 is 2.14 bits per heavy atom. The molecule has 0 saturated heterocycles. The first-order chi connectivity index (χ1) is 10.2. The average molecular weight is 302 g/mol. The highest BCUT2D eigenvalue weighted by Gasteiger charge is 2.18. The minimum absolute atomic E-state index is 0.651. The fourth-order valence-electron chi connectivity index (χ4n) is 3.59. The molecule has 0 radical (unpaired) electrons. The summed E-state index contributed by atoms with van der Waals surface area (Å²) in [4.78, 5) is 4.54. The van der Waals surface area contributed by atoms with Crippen LogP contribution in [0.5, 0.6) is 0 Å². The van der Waals surface area contributed by atoms with Gasteiger partial charge in [0, 0.05) is 11.7 Å². The summed E-state index contributed by atoms with van der Waals surface area (Å²) in [6.07, 6.45) is 9.60. The fraction of sp³-hybridized carbons (Fsp3) is 0.611. The van der Waals surface area contributed by atoms with Gasteiger partial charge in [0.1, 0.15) is 0 Å². The Kier molecular flexibility index (Phi) is 4.79. The van der Waals surface area contributed by atoms with Crippen molar-refractivity contribution >= 4 is 27.2 Å². The maximum atomic E-state index is 4.54. The Morgan fingerprint density at radius 1 is 1.24 bits per heavy atom. The largest absolute Gasteiger partial charge is 0.382 e. The monoisotopic (exact) mass is 302 g/mol. The predicted octanol–water partition coefficient (Wildman–Crippen LogP) is 5.77. The molecule has 1 fully saturated rings. The lowest BCUT2D eigenvalue weighted by Crippen LogP contribution is -2.18. The number of hydrogen-bond donors (Lipinski definition) is 1. The molecule has 1 aliphatic rings. The van der Waals surface area contributed by atoms with E-state index < -0.39 is 0 Å². The highest BCUT2D eigenvalue weighted by Crippen LogP contribution is 2.30. The Morgan fingerprint density at radius 3 is 3.00 bits per heavy atom. The molecular formula is C18H26N2S. The van der Waals surface area contributed by atoms with E-state index in [1.54, 1.807) is 11.3 Å². The summed E-state index contributed by atoms with van der Waals surface area (Å²) in [7, 11) is 0. The number of nitrogens with one attached hydrogen (secondary N) is 1. The van der Waals surface area contributed by atoms with Crippen LogP contribution >= 0.6 is 11.3 Å². The standard InChI is InChI=1S/C18H26N2S/c1-3-5-14-6-4-7-15(9-8-14)20-16-10-11-17-18(12-16)21-13(2)19-17/h10-12,14-15,20H,3-9H2,1-2H3. The molecule has 3 heteroatoms. The average Bonchev–Trinajstić information content (AvgIpc) is 2.69. The summed E-state index contributed by atoms with van der Waals surface area (Å²) in [5.74, 6) is 0.966. The third kappa shape index (κ3) is 3.76. The summed E-state index contributed by atoms with van der Waals surface area (Å²) in [6.45, 7) is 4.39. The molecule has 21 heavy (non-hydrogen) atoms. The summed E-state index contributed by atoms with van der Waals surface area (Å²) in [6, 6.07) is 7.26. The molecular weight excluding hydrogens is 276 g/mol. The van der Waals surface area contributed by atoms with Gasteiger partial charge in [0.15, 0.2) is 0 Å². The van der Waals surface area contributed by atoms with Crippen LogP contribution in [0.15, 0.2) is 18.2 Å². The van der Waals surface area contributed by atoms with Gasteiger partial charge in [0.05, 0.1) is 15.2 Å². The molecule has 2 atom stereocenters. The molecule has 1 aromatic heterocycles. The number of anilines is 1. The lowest BCUT2D eigenvalue weighted by Gasteiger charge is -2.18. The van der Waals surface area contributed by atoms with E-state index in [0.29, 0.717) is 6.04 Å². The number of thiazole rings is 1. The van der Waals surface area contributed by atoms with E-state index in [2.05, 4.69) is 42.3 Å². The second kappa shape index (κ2) is 6.78. The molecule has 2 nitrogen and oxygen atoms in total. The normalized spacial score (nSPS) is 23.1. The number of benzene rings is 1. The van der Waals surface area contributed by atoms with Crippen molar-refractivity contribution in [2.75, 3.05) is 5.32 Å². The topological polar surface area (TPSA) is 24.9 Å². The number of nitrogens with zero attached hydrogens (tertiary/aromatic N) is 1. The Balaban J connectivity index is 1.64. The summed E-state index contributed by atoms with van der Waals surface area (Å²) in [5, 5.41) is 4.92. The van der Waals surface area contributed by atoms with Crippen LogP contribution in [0.4, 0.5) is 5.69 Å². The quantitative estimate of drug-likeness (QED) is 0.726. The van der Waals surface area contributed by atoms with Crippen LogP contribution in [0, 0.1) is 12.8 Å². The molecule has 0 bridgehead atoms. The number of rotatable bonds is 4. The smallest absolute Gasteiger partial charge is 0.0907 e. The summed E-state index contributed by atoms with van der Waals surface area (Å²) >= 11 is 1.79. The molecule has 0 amide bonds. The van der Waals surface area contributed by atoms with Crippen molar-refractivity contribution in [1.82, 2.24) is 4.98 Å². The number of aryl methyl sites for hydroxylation is 1. The van der Waals surface area contributed by atoms with E-state index in [4.69, 9.17) is 0 Å². The lowest BCUT2D eigenvalue weighted by atomic mass is 9.95. The summed E-state index contributed by atoms with van der Waals surface area (Å²) < 4.78 is 1.30. The van der Waals surface area contributed by atoms with Crippen LogP contribution in [0.2, 0.25) is 0 Å². The van der Waals surface area contributed by atoms with Crippen LogP contribution in [0.3, 0.4) is 0 Å². The van der Waals surface area contributed by atoms with Crippen molar-refractivity contribution in [3.8, 4) is 0 Å². The van der Waals surface area contributed by atoms with Crippen molar-refractivity contribution in [3.63, 3.8) is 0 Å². The highest BCUT2D eigenvalue weighted by atomic mass is 32.1. The zero-order chi connectivity index (χ0) is 14.7. The van der Waals surface area contributed by atoms with E-state index >= 15 is 0 Å². The molecule has 114 valence electrons. The van der Waals surface area contributed by atoms with Gasteiger partial charge >= 0.3 is 0 Å². The maximum Gasteiger partial charge on any atom is 0.0907 e. The van der Waals surface area contributed by atoms with Gasteiger partial charge in [-0.15, -0.1) is 11.3 Å². The van der Waals surface area contributed by atoms with Crippen LogP contribution in [0.1, 0.15) is 56.9 Å². The van der Waals surface area contributed by atoms with Gasteiger partial charge in [-0.05, 0) is 50.3 Å². The first-order valence-electron chi connectivity index (χ1n) is 8.38. The van der Waals surface area contributed by atoms with Gasteiger partial charge in [-0.2, -0.15) is 0 Å². The molecule has 1 aliphatic carbocycles. The highest BCUT2D eigenvalue weighted by molar-refractivity contribution is 7.18. The van der Waals surface area contributed by atoms with E-state index in [9.17, 15) is 0 Å². The van der Waals surface area contributed by atoms with Crippen molar-refractivity contribution in [1.29, 1.82) is 0 Å². The SMILES string of the molecule is CCCC1CCCC(Nc2ccc3nc(C)sc3c2)CC1. The minimum atomic E-state index is 0.651. The Bertz CT molecular complexity index is 590. The van der Waals surface area contributed by atoms with Crippen LogP contribution in [-0.2, 0) is 0 Å². The molecule has 1 heterocycles. The van der Waals surface area contributed by atoms with Gasteiger partial charge in [0.2, 0.25) is 0 Å². The number of aromatic nitrogens is 1. The van der Waals surface area contributed by atoms with Gasteiger partial charge in [-0.3, -0.25) is 0 Å². The van der Waals surface area contributed by atoms with Crippen LogP contribution < -0.4 is 5.32 Å². The van der Waals surface area contributed by atoms with Crippen molar-refractivity contribution < 1.29 is 0 Å². The molecule has 2 unspecified atom stereocenters. The predicted molar refractivity (Wildman–Crippen MR) is 93.3 cm³/mol. The molecule has 1 saturated carbocycles. The third-order valence-corrected chi connectivity index (χ3v) is 5.59. The zero-order valence-corrected chi connectivity index (χ0v) is 14.0. The molecule has 0 aliphatic heterocycles. The first kappa shape index (κ1) is 14.8. The summed E-state index contributed by atoms with van der Waals surface area (Å²) in [5.41, 5.74) is 2.40. The van der Waals surface area contributed by atoms with E-state index in [0.717, 1.165) is 16.4 Å². The molecule has 3 rings (SSSR count). The molecule has 1 aromatic carbocycles. The molecule has 2 aromatic rings. The van der Waals surface area contributed by atoms with Gasteiger partial charge in [-0.25, -0.2) is 4.98 Å². The fourth-order valence-corrected chi connectivity index (χ4v) is 4.45. The molecule has 0 spiro atoms. The van der Waals surface area contributed by atoms with Crippen LogP contribution in [0.25, 0.3) is 10.2 Å². The zero-order valence-electron chi connectivity index (χ0n) is 13.2. The Labute approximate surface area is 132 Å². The second-order valence-electron chi connectivity index (χ2n) is 6.42. The lowest BCUT2D eigenvalue weighted by molar-refractivity contribution is 0.422. The van der Waals surface area contributed by atoms with Crippen molar-refractivity contribution in [3.05, 3.63) is 23.2 Å². The van der Waals surface area contributed by atoms with E-state index in [1.807, 2.05) is 0 Å². The number of hydrogen-bond acceptors (Lipinski definition) is 3.